The third-order valence-corrected chi connectivity index (χ3v) is 3.72. The maximum Gasteiger partial charge on any atom is 0.433 e. The molecule has 1 aliphatic heterocycles. The van der Waals surface area contributed by atoms with Gasteiger partial charge in [-0.05, 0) is 18.9 Å². The van der Waals surface area contributed by atoms with E-state index in [2.05, 4.69) is 15.3 Å². The highest BCUT2D eigenvalue weighted by molar-refractivity contribution is 5.77. The van der Waals surface area contributed by atoms with Crippen LogP contribution >= 0.6 is 0 Å². The number of amides is 1. The van der Waals surface area contributed by atoms with Gasteiger partial charge in [0.25, 0.3) is 0 Å². The van der Waals surface area contributed by atoms with Crippen molar-refractivity contribution in [1.29, 1.82) is 0 Å². The first-order valence-corrected chi connectivity index (χ1v) is 7.35. The van der Waals surface area contributed by atoms with Crippen LogP contribution in [0.15, 0.2) is 12.3 Å². The van der Waals surface area contributed by atoms with E-state index in [-0.39, 0.29) is 17.9 Å². The van der Waals surface area contributed by atoms with E-state index in [4.69, 9.17) is 0 Å². The first-order chi connectivity index (χ1) is 10.8. The predicted octanol–water partition coefficient (Wildman–Crippen LogP) is 1.46. The van der Waals surface area contributed by atoms with Gasteiger partial charge in [-0.3, -0.25) is 9.69 Å². The highest BCUT2D eigenvalue weighted by atomic mass is 19.4. The lowest BCUT2D eigenvalue weighted by Gasteiger charge is -2.32. The number of nitrogens with one attached hydrogen (secondary N) is 1. The van der Waals surface area contributed by atoms with E-state index in [1.165, 1.54) is 0 Å². The Balaban J connectivity index is 1.86. The average Bonchev–Trinajstić information content (AvgIpc) is 2.48. The molecule has 1 aliphatic rings. The summed E-state index contributed by atoms with van der Waals surface area (Å²) in [5.41, 5.74) is -0.955. The smallest absolute Gasteiger partial charge is 0.351 e. The normalized spacial score (nSPS) is 17.1. The number of anilines is 1. The number of halogens is 3. The van der Waals surface area contributed by atoms with E-state index in [1.54, 1.807) is 19.0 Å². The second-order valence-electron chi connectivity index (χ2n) is 5.75. The summed E-state index contributed by atoms with van der Waals surface area (Å²) in [6.45, 7) is 1.77. The molecule has 0 atom stereocenters. The summed E-state index contributed by atoms with van der Waals surface area (Å²) in [7, 11) is 3.42. The summed E-state index contributed by atoms with van der Waals surface area (Å²) in [6, 6.07) is 0.852. The van der Waals surface area contributed by atoms with Crippen molar-refractivity contribution in [2.75, 3.05) is 39.0 Å². The molecule has 0 saturated carbocycles. The summed E-state index contributed by atoms with van der Waals surface area (Å²) in [5, 5.41) is 2.95. The summed E-state index contributed by atoms with van der Waals surface area (Å²) >= 11 is 0. The molecule has 23 heavy (non-hydrogen) atoms. The summed E-state index contributed by atoms with van der Waals surface area (Å²) in [4.78, 5) is 22.6. The molecule has 0 radical (unpaired) electrons. The lowest BCUT2D eigenvalue weighted by molar-refractivity contribution is -0.141. The van der Waals surface area contributed by atoms with Gasteiger partial charge in [-0.2, -0.15) is 13.2 Å². The summed E-state index contributed by atoms with van der Waals surface area (Å²) in [5.74, 6) is 0.0280. The lowest BCUT2D eigenvalue weighted by atomic mass is 10.1. The molecule has 0 bridgehead atoms. The molecule has 1 amide bonds. The monoisotopic (exact) mass is 331 g/mol. The second kappa shape index (κ2) is 7.12. The number of likely N-dealkylation sites (tertiary alicyclic amines) is 1. The van der Waals surface area contributed by atoms with Crippen molar-refractivity contribution in [3.05, 3.63) is 18.0 Å². The van der Waals surface area contributed by atoms with Gasteiger partial charge in [-0.25, -0.2) is 9.97 Å². The van der Waals surface area contributed by atoms with Crippen molar-refractivity contribution in [2.45, 2.75) is 25.1 Å². The van der Waals surface area contributed by atoms with E-state index in [1.807, 2.05) is 4.90 Å². The number of hydrogen-bond acceptors (Lipinski definition) is 5. The van der Waals surface area contributed by atoms with Crippen LogP contribution in [0.3, 0.4) is 0 Å². The average molecular weight is 331 g/mol. The first-order valence-electron chi connectivity index (χ1n) is 7.35. The van der Waals surface area contributed by atoms with E-state index in [9.17, 15) is 18.0 Å². The van der Waals surface area contributed by atoms with Crippen LogP contribution in [-0.4, -0.2) is 65.4 Å². The van der Waals surface area contributed by atoms with Crippen LogP contribution < -0.4 is 5.32 Å². The third kappa shape index (κ3) is 5.05. The van der Waals surface area contributed by atoms with E-state index >= 15 is 0 Å². The number of piperidine rings is 1. The molecule has 1 aromatic heterocycles. The molecule has 6 nitrogen and oxygen atoms in total. The molecule has 2 rings (SSSR count). The van der Waals surface area contributed by atoms with Gasteiger partial charge in [0, 0.05) is 39.4 Å². The topological polar surface area (TPSA) is 61.4 Å². The number of aromatic nitrogens is 2. The highest BCUT2D eigenvalue weighted by Gasteiger charge is 2.33. The second-order valence-corrected chi connectivity index (χ2v) is 5.75. The van der Waals surface area contributed by atoms with Gasteiger partial charge < -0.3 is 10.2 Å². The number of hydrogen-bond donors (Lipinski definition) is 1. The maximum atomic E-state index is 12.6. The molecule has 0 aromatic carbocycles. The van der Waals surface area contributed by atoms with E-state index < -0.39 is 11.9 Å². The Morgan fingerprint density at radius 2 is 2.04 bits per heavy atom. The van der Waals surface area contributed by atoms with Crippen LogP contribution in [0.5, 0.6) is 0 Å². The minimum absolute atomic E-state index is 0.00388. The molecule has 9 heteroatoms. The quantitative estimate of drug-likeness (QED) is 0.905. The van der Waals surface area contributed by atoms with Gasteiger partial charge in [0.15, 0.2) is 0 Å². The number of likely N-dealkylation sites (N-methyl/N-ethyl adjacent to an activating group) is 1. The van der Waals surface area contributed by atoms with Gasteiger partial charge in [-0.15, -0.1) is 0 Å². The Labute approximate surface area is 132 Å². The Hall–Kier alpha value is -1.90. The molecule has 1 aromatic rings. The van der Waals surface area contributed by atoms with Gasteiger partial charge in [0.2, 0.25) is 11.9 Å². The Kier molecular flexibility index (Phi) is 5.40. The van der Waals surface area contributed by atoms with Crippen LogP contribution in [0.4, 0.5) is 19.1 Å². The molecule has 1 N–H and O–H groups in total. The largest absolute Gasteiger partial charge is 0.433 e. The molecule has 1 saturated heterocycles. The van der Waals surface area contributed by atoms with Crippen LogP contribution in [0, 0.1) is 0 Å². The maximum absolute atomic E-state index is 12.6. The van der Waals surface area contributed by atoms with Crippen LogP contribution in [0.1, 0.15) is 18.5 Å². The zero-order valence-electron chi connectivity index (χ0n) is 13.1. The molecule has 2 heterocycles. The highest BCUT2D eigenvalue weighted by Crippen LogP contribution is 2.27. The fourth-order valence-corrected chi connectivity index (χ4v) is 2.34. The standard InChI is InChI=1S/C14H20F3N5O/c1-21(2)12(23)9-22-7-4-10(5-8-22)19-13-18-6-3-11(20-13)14(15,16)17/h3,6,10H,4-5,7-9H2,1-2H3,(H,18,19,20). The first kappa shape index (κ1) is 17.5. The fourth-order valence-electron chi connectivity index (χ4n) is 2.34. The number of nitrogens with zero attached hydrogens (tertiary/aromatic N) is 4. The summed E-state index contributed by atoms with van der Waals surface area (Å²) in [6.07, 6.45) is -1.93. The molecular formula is C14H20F3N5O. The number of carbonyl (C=O) groups excluding carboxylic acids is 1. The number of carbonyl (C=O) groups is 1. The van der Waals surface area contributed by atoms with Crippen LogP contribution in [-0.2, 0) is 11.0 Å². The zero-order chi connectivity index (χ0) is 17.0. The van der Waals surface area contributed by atoms with Gasteiger partial charge in [0.05, 0.1) is 6.54 Å². The summed E-state index contributed by atoms with van der Waals surface area (Å²) < 4.78 is 37.9. The minimum Gasteiger partial charge on any atom is -0.351 e. The number of alkyl halides is 3. The molecule has 0 aliphatic carbocycles. The molecule has 0 unspecified atom stereocenters. The van der Waals surface area contributed by atoms with Crippen molar-refractivity contribution in [3.63, 3.8) is 0 Å². The molecule has 0 spiro atoms. The minimum atomic E-state index is -4.48. The zero-order valence-corrected chi connectivity index (χ0v) is 13.1. The Morgan fingerprint density at radius 1 is 1.39 bits per heavy atom. The molecule has 1 fully saturated rings. The van der Waals surface area contributed by atoms with E-state index in [0.717, 1.165) is 25.1 Å². The van der Waals surface area contributed by atoms with Gasteiger partial charge >= 0.3 is 6.18 Å². The Morgan fingerprint density at radius 3 is 2.61 bits per heavy atom. The van der Waals surface area contributed by atoms with Crippen molar-refractivity contribution < 1.29 is 18.0 Å². The fraction of sp³-hybridized carbons (Fsp3) is 0.643. The SMILES string of the molecule is CN(C)C(=O)CN1CCC(Nc2nccc(C(F)(F)F)n2)CC1. The van der Waals surface area contributed by atoms with Crippen molar-refractivity contribution in [2.24, 2.45) is 0 Å². The van der Waals surface area contributed by atoms with Crippen molar-refractivity contribution in [3.8, 4) is 0 Å². The van der Waals surface area contributed by atoms with Crippen molar-refractivity contribution >= 4 is 11.9 Å². The van der Waals surface area contributed by atoms with Crippen molar-refractivity contribution in [1.82, 2.24) is 19.8 Å². The Bertz CT molecular complexity index is 541. The molecule has 128 valence electrons. The van der Waals surface area contributed by atoms with Gasteiger partial charge in [0.1, 0.15) is 5.69 Å². The van der Waals surface area contributed by atoms with E-state index in [0.29, 0.717) is 19.6 Å². The third-order valence-electron chi connectivity index (χ3n) is 3.72. The van der Waals surface area contributed by atoms with Crippen LogP contribution in [0.25, 0.3) is 0 Å². The predicted molar refractivity (Wildman–Crippen MR) is 78.8 cm³/mol. The number of rotatable bonds is 4. The molecular weight excluding hydrogens is 311 g/mol. The van der Waals surface area contributed by atoms with Crippen LogP contribution in [0.2, 0.25) is 0 Å². The van der Waals surface area contributed by atoms with Gasteiger partial charge in [-0.1, -0.05) is 0 Å². The lowest BCUT2D eigenvalue weighted by Crippen LogP contribution is -2.44.